The molecule has 0 spiro atoms. The van der Waals surface area contributed by atoms with Gasteiger partial charge in [-0.1, -0.05) is 22.9 Å². The summed E-state index contributed by atoms with van der Waals surface area (Å²) in [5.74, 6) is 0.359. The van der Waals surface area contributed by atoms with Crippen LogP contribution in [0.2, 0.25) is 0 Å². The quantitative estimate of drug-likeness (QED) is 0.784. The first-order valence-corrected chi connectivity index (χ1v) is 8.55. The fraction of sp³-hybridized carbons (Fsp3) is 0.125. The molecule has 0 unspecified atom stereocenters. The molecule has 24 heavy (non-hydrogen) atoms. The van der Waals surface area contributed by atoms with Crippen molar-refractivity contribution in [3.05, 3.63) is 65.7 Å². The Morgan fingerprint density at radius 3 is 2.50 bits per heavy atom. The zero-order valence-electron chi connectivity index (χ0n) is 13.1. The molecule has 124 valence electrons. The summed E-state index contributed by atoms with van der Waals surface area (Å²) in [4.78, 5) is 12.3. The van der Waals surface area contributed by atoms with E-state index in [4.69, 9.17) is 4.52 Å². The van der Waals surface area contributed by atoms with Gasteiger partial charge < -0.3 is 9.84 Å². The van der Waals surface area contributed by atoms with Crippen LogP contribution in [0.4, 0.5) is 5.82 Å². The zero-order chi connectivity index (χ0) is 17.3. The molecule has 0 saturated carbocycles. The summed E-state index contributed by atoms with van der Waals surface area (Å²) >= 11 is 0. The Labute approximate surface area is 138 Å². The van der Waals surface area contributed by atoms with Crippen molar-refractivity contribution in [2.75, 3.05) is 5.32 Å². The molecule has 3 rings (SSSR count). The molecular formula is C16H15N3O4S. The fourth-order valence-electron chi connectivity index (χ4n) is 2.11. The van der Waals surface area contributed by atoms with Crippen molar-refractivity contribution in [2.24, 2.45) is 0 Å². The van der Waals surface area contributed by atoms with E-state index in [1.54, 1.807) is 25.1 Å². The number of nitrogens with zero attached hydrogens (tertiary/aromatic N) is 2. The van der Waals surface area contributed by atoms with E-state index in [0.717, 1.165) is 9.54 Å². The molecular weight excluding hydrogens is 330 g/mol. The van der Waals surface area contributed by atoms with Gasteiger partial charge in [-0.15, -0.1) is 0 Å². The van der Waals surface area contributed by atoms with E-state index in [-0.39, 0.29) is 16.3 Å². The molecule has 1 amide bonds. The van der Waals surface area contributed by atoms with Crippen LogP contribution in [0.1, 0.15) is 21.7 Å². The normalized spacial score (nSPS) is 11.4. The number of carbonyl (C=O) groups excluding carboxylic acids is 1. The number of rotatable bonds is 4. The number of hydrogen-bond acceptors (Lipinski definition) is 5. The Hall–Kier alpha value is -2.87. The Morgan fingerprint density at radius 2 is 1.88 bits per heavy atom. The summed E-state index contributed by atoms with van der Waals surface area (Å²) in [5, 5.41) is 6.20. The van der Waals surface area contributed by atoms with Crippen molar-refractivity contribution in [3.8, 4) is 0 Å². The van der Waals surface area contributed by atoms with Crippen LogP contribution in [0.5, 0.6) is 0 Å². The predicted molar refractivity (Wildman–Crippen MR) is 87.4 cm³/mol. The molecule has 0 fully saturated rings. The van der Waals surface area contributed by atoms with Gasteiger partial charge in [-0.05, 0) is 32.0 Å². The predicted octanol–water partition coefficient (Wildman–Crippen LogP) is 2.58. The van der Waals surface area contributed by atoms with Crippen LogP contribution in [-0.2, 0) is 10.0 Å². The van der Waals surface area contributed by atoms with Crippen molar-refractivity contribution in [3.63, 3.8) is 0 Å². The summed E-state index contributed by atoms with van der Waals surface area (Å²) in [7, 11) is -3.73. The van der Waals surface area contributed by atoms with Gasteiger partial charge in [0.25, 0.3) is 15.9 Å². The molecule has 2 heterocycles. The van der Waals surface area contributed by atoms with Gasteiger partial charge in [0.1, 0.15) is 5.76 Å². The Kier molecular flexibility index (Phi) is 3.98. The van der Waals surface area contributed by atoms with E-state index in [2.05, 4.69) is 10.5 Å². The lowest BCUT2D eigenvalue weighted by molar-refractivity contribution is 0.102. The number of hydrogen-bond donors (Lipinski definition) is 1. The molecule has 0 aliphatic heterocycles. The van der Waals surface area contributed by atoms with Gasteiger partial charge >= 0.3 is 0 Å². The average molecular weight is 345 g/mol. The number of aromatic nitrogens is 2. The van der Waals surface area contributed by atoms with Crippen LogP contribution in [-0.4, -0.2) is 23.5 Å². The molecule has 1 aromatic carbocycles. The van der Waals surface area contributed by atoms with Crippen LogP contribution >= 0.6 is 0 Å². The van der Waals surface area contributed by atoms with Gasteiger partial charge in [-0.3, -0.25) is 4.79 Å². The summed E-state index contributed by atoms with van der Waals surface area (Å²) in [6, 6.07) is 9.49. The number of nitrogens with one attached hydrogen (secondary N) is 1. The molecule has 0 aliphatic carbocycles. The van der Waals surface area contributed by atoms with Crippen molar-refractivity contribution in [1.29, 1.82) is 0 Å². The highest BCUT2D eigenvalue weighted by molar-refractivity contribution is 7.90. The fourth-order valence-corrected chi connectivity index (χ4v) is 3.30. The topological polar surface area (TPSA) is 94.2 Å². The Balaban J connectivity index is 1.84. The van der Waals surface area contributed by atoms with Gasteiger partial charge in [0.2, 0.25) is 0 Å². The lowest BCUT2D eigenvalue weighted by Crippen LogP contribution is -2.13. The van der Waals surface area contributed by atoms with Crippen molar-refractivity contribution >= 4 is 21.7 Å². The maximum Gasteiger partial charge on any atom is 0.267 e. The maximum absolute atomic E-state index is 12.5. The van der Waals surface area contributed by atoms with Gasteiger partial charge in [-0.25, -0.2) is 12.4 Å². The monoisotopic (exact) mass is 345 g/mol. The summed E-state index contributed by atoms with van der Waals surface area (Å²) in [5.41, 5.74) is 1.16. The number of amides is 1. The third-order valence-corrected chi connectivity index (χ3v) is 5.05. The van der Waals surface area contributed by atoms with Crippen molar-refractivity contribution in [2.45, 2.75) is 18.7 Å². The smallest absolute Gasteiger partial charge is 0.267 e. The summed E-state index contributed by atoms with van der Waals surface area (Å²) in [6.45, 7) is 3.58. The average Bonchev–Trinajstić information content (AvgIpc) is 3.17. The molecule has 0 bridgehead atoms. The first-order valence-electron chi connectivity index (χ1n) is 7.11. The highest BCUT2D eigenvalue weighted by atomic mass is 32.2. The van der Waals surface area contributed by atoms with Gasteiger partial charge in [0.05, 0.1) is 10.5 Å². The number of aryl methyl sites for hydroxylation is 2. The lowest BCUT2D eigenvalue weighted by Gasteiger charge is -2.05. The highest BCUT2D eigenvalue weighted by Gasteiger charge is 2.18. The largest absolute Gasteiger partial charge is 0.360 e. The van der Waals surface area contributed by atoms with Crippen LogP contribution in [0.3, 0.4) is 0 Å². The number of carbonyl (C=O) groups is 1. The highest BCUT2D eigenvalue weighted by Crippen LogP contribution is 2.17. The van der Waals surface area contributed by atoms with Crippen LogP contribution in [0.15, 0.2) is 58.2 Å². The Morgan fingerprint density at radius 1 is 1.17 bits per heavy atom. The van der Waals surface area contributed by atoms with Gasteiger partial charge in [0, 0.05) is 18.5 Å². The number of anilines is 1. The first kappa shape index (κ1) is 16.0. The molecule has 3 aromatic rings. The molecule has 1 N–H and O–H groups in total. The van der Waals surface area contributed by atoms with E-state index in [9.17, 15) is 13.2 Å². The third kappa shape index (κ3) is 3.09. The van der Waals surface area contributed by atoms with Crippen molar-refractivity contribution in [1.82, 2.24) is 9.13 Å². The van der Waals surface area contributed by atoms with E-state index in [0.29, 0.717) is 5.76 Å². The molecule has 2 aromatic heterocycles. The molecule has 8 heteroatoms. The first-order chi connectivity index (χ1) is 11.4. The van der Waals surface area contributed by atoms with Crippen molar-refractivity contribution < 1.29 is 17.7 Å². The lowest BCUT2D eigenvalue weighted by atomic mass is 10.2. The minimum absolute atomic E-state index is 0.155. The van der Waals surface area contributed by atoms with Crippen LogP contribution in [0.25, 0.3) is 0 Å². The zero-order valence-corrected chi connectivity index (χ0v) is 13.9. The van der Waals surface area contributed by atoms with Gasteiger partial charge in [-0.2, -0.15) is 0 Å². The second-order valence-corrected chi connectivity index (χ2v) is 7.17. The van der Waals surface area contributed by atoms with E-state index < -0.39 is 15.9 Å². The summed E-state index contributed by atoms with van der Waals surface area (Å²) < 4.78 is 31.0. The van der Waals surface area contributed by atoms with Crippen LogP contribution in [0, 0.1) is 13.8 Å². The van der Waals surface area contributed by atoms with E-state index in [1.807, 2.05) is 6.92 Å². The standard InChI is InChI=1S/C16H15N3O4S/c1-11-3-5-14(6-4-11)24(21,22)19-8-7-13(10-19)16(20)17-15-9-12(2)23-18-15/h3-10H,1-2H3,(H,17,18,20). The third-order valence-electron chi connectivity index (χ3n) is 3.40. The molecule has 0 atom stereocenters. The second-order valence-electron chi connectivity index (χ2n) is 5.33. The van der Waals surface area contributed by atoms with E-state index in [1.165, 1.54) is 30.6 Å². The molecule has 0 saturated heterocycles. The second kappa shape index (κ2) is 5.97. The number of benzene rings is 1. The molecule has 0 aliphatic rings. The maximum atomic E-state index is 12.5. The van der Waals surface area contributed by atoms with Gasteiger partial charge in [0.15, 0.2) is 5.82 Å². The summed E-state index contributed by atoms with van der Waals surface area (Å²) in [6.07, 6.45) is 2.59. The molecule has 7 nitrogen and oxygen atoms in total. The van der Waals surface area contributed by atoms with Crippen LogP contribution < -0.4 is 5.32 Å². The molecule has 0 radical (unpaired) electrons. The minimum atomic E-state index is -3.73. The Bertz CT molecular complexity index is 985. The SMILES string of the molecule is Cc1ccc(S(=O)(=O)n2ccc(C(=O)Nc3cc(C)on3)c2)cc1. The van der Waals surface area contributed by atoms with E-state index >= 15 is 0 Å². The minimum Gasteiger partial charge on any atom is -0.360 e.